The van der Waals surface area contributed by atoms with Crippen LogP contribution in [0.3, 0.4) is 0 Å². The molecular formula is C7H10O3. The third-order valence-corrected chi connectivity index (χ3v) is 1.66. The molecule has 0 amide bonds. The van der Waals surface area contributed by atoms with E-state index in [9.17, 15) is 9.59 Å². The predicted octanol–water partition coefficient (Wildman–Crippen LogP) is 0.181. The number of carbonyl (C=O) groups is 2. The number of Topliss-reactive ketones (excluding diaryl/α,β-unsaturated/α-hetero) is 2. The molecule has 1 rings (SSSR count). The monoisotopic (exact) mass is 142 g/mol. The van der Waals surface area contributed by atoms with Crippen molar-refractivity contribution in [1.82, 2.24) is 0 Å². The predicted molar refractivity (Wildman–Crippen MR) is 34.6 cm³/mol. The largest absolute Gasteiger partial charge is 0.380 e. The topological polar surface area (TPSA) is 43.4 Å². The van der Waals surface area contributed by atoms with Gasteiger partial charge in [0, 0.05) is 6.42 Å². The van der Waals surface area contributed by atoms with Gasteiger partial charge in [-0.25, -0.2) is 0 Å². The molecule has 0 aromatic rings. The van der Waals surface area contributed by atoms with Crippen molar-refractivity contribution >= 4 is 11.6 Å². The first-order valence-electron chi connectivity index (χ1n) is 3.32. The molecule has 0 N–H and O–H groups in total. The van der Waals surface area contributed by atoms with Crippen LogP contribution in [-0.4, -0.2) is 24.8 Å². The Bertz CT molecular complexity index is 162. The maximum atomic E-state index is 10.9. The van der Waals surface area contributed by atoms with E-state index in [0.29, 0.717) is 13.0 Å². The van der Waals surface area contributed by atoms with Gasteiger partial charge in [0.15, 0.2) is 0 Å². The minimum absolute atomic E-state index is 0.0266. The SMILES string of the molecule is CC(=O)C1COCCC1=O. The Hall–Kier alpha value is -0.700. The molecule has 0 radical (unpaired) electrons. The average molecular weight is 142 g/mol. The molecule has 0 aliphatic carbocycles. The quantitative estimate of drug-likeness (QED) is 0.490. The Kier molecular flexibility index (Phi) is 2.17. The zero-order valence-electron chi connectivity index (χ0n) is 5.92. The molecule has 1 fully saturated rings. The van der Waals surface area contributed by atoms with Crippen LogP contribution in [0.1, 0.15) is 13.3 Å². The highest BCUT2D eigenvalue weighted by molar-refractivity contribution is 6.01. The Labute approximate surface area is 59.4 Å². The summed E-state index contributed by atoms with van der Waals surface area (Å²) < 4.78 is 4.97. The third-order valence-electron chi connectivity index (χ3n) is 1.66. The van der Waals surface area contributed by atoms with Gasteiger partial charge in [0.1, 0.15) is 11.6 Å². The number of ether oxygens (including phenoxy) is 1. The van der Waals surface area contributed by atoms with Crippen molar-refractivity contribution in [1.29, 1.82) is 0 Å². The second-order valence-electron chi connectivity index (χ2n) is 2.45. The lowest BCUT2D eigenvalue weighted by Gasteiger charge is -2.17. The van der Waals surface area contributed by atoms with Crippen molar-refractivity contribution in [2.45, 2.75) is 13.3 Å². The molecule has 1 aliphatic rings. The maximum Gasteiger partial charge on any atom is 0.147 e. The van der Waals surface area contributed by atoms with Gasteiger partial charge < -0.3 is 4.74 Å². The maximum absolute atomic E-state index is 10.9. The van der Waals surface area contributed by atoms with E-state index in [1.54, 1.807) is 0 Å². The lowest BCUT2D eigenvalue weighted by molar-refractivity contribution is -0.138. The molecule has 0 spiro atoms. The highest BCUT2D eigenvalue weighted by atomic mass is 16.5. The first-order valence-corrected chi connectivity index (χ1v) is 3.32. The van der Waals surface area contributed by atoms with Gasteiger partial charge in [-0.2, -0.15) is 0 Å². The Morgan fingerprint density at radius 2 is 2.40 bits per heavy atom. The van der Waals surface area contributed by atoms with E-state index >= 15 is 0 Å². The summed E-state index contributed by atoms with van der Waals surface area (Å²) in [7, 11) is 0. The fraction of sp³-hybridized carbons (Fsp3) is 0.714. The molecule has 0 aromatic heterocycles. The summed E-state index contributed by atoms with van der Waals surface area (Å²) in [6.07, 6.45) is 0.393. The van der Waals surface area contributed by atoms with E-state index in [0.717, 1.165) is 0 Å². The fourth-order valence-corrected chi connectivity index (χ4v) is 0.985. The van der Waals surface area contributed by atoms with Crippen molar-refractivity contribution in [2.24, 2.45) is 5.92 Å². The standard InChI is InChI=1S/C7H10O3/c1-5(8)6-4-10-3-2-7(6)9/h6H,2-4H2,1H3. The van der Waals surface area contributed by atoms with Gasteiger partial charge in [0.05, 0.1) is 19.1 Å². The third kappa shape index (κ3) is 1.42. The van der Waals surface area contributed by atoms with Crippen molar-refractivity contribution in [3.05, 3.63) is 0 Å². The molecule has 3 nitrogen and oxygen atoms in total. The highest BCUT2D eigenvalue weighted by Gasteiger charge is 2.26. The van der Waals surface area contributed by atoms with Gasteiger partial charge in [-0.05, 0) is 6.92 Å². The van der Waals surface area contributed by atoms with Crippen LogP contribution in [0, 0.1) is 5.92 Å². The molecule has 0 bridgehead atoms. The zero-order valence-corrected chi connectivity index (χ0v) is 5.92. The van der Waals surface area contributed by atoms with Gasteiger partial charge in [-0.15, -0.1) is 0 Å². The molecule has 10 heavy (non-hydrogen) atoms. The van der Waals surface area contributed by atoms with Gasteiger partial charge in [-0.3, -0.25) is 9.59 Å². The van der Waals surface area contributed by atoms with Crippen molar-refractivity contribution in [2.75, 3.05) is 13.2 Å². The number of hydrogen-bond donors (Lipinski definition) is 0. The summed E-state index contributed by atoms with van der Waals surface area (Å²) >= 11 is 0. The lowest BCUT2D eigenvalue weighted by Crippen LogP contribution is -2.32. The molecular weight excluding hydrogens is 132 g/mol. The summed E-state index contributed by atoms with van der Waals surface area (Å²) in [6.45, 7) is 2.19. The van der Waals surface area contributed by atoms with Gasteiger partial charge >= 0.3 is 0 Å². The van der Waals surface area contributed by atoms with Crippen molar-refractivity contribution in [3.63, 3.8) is 0 Å². The molecule has 1 aliphatic heterocycles. The number of rotatable bonds is 1. The molecule has 56 valence electrons. The van der Waals surface area contributed by atoms with Gasteiger partial charge in [-0.1, -0.05) is 0 Å². The van der Waals surface area contributed by atoms with Crippen LogP contribution in [0.2, 0.25) is 0 Å². The van der Waals surface area contributed by atoms with Crippen LogP contribution in [0.25, 0.3) is 0 Å². The fourth-order valence-electron chi connectivity index (χ4n) is 0.985. The van der Waals surface area contributed by atoms with Crippen molar-refractivity contribution < 1.29 is 14.3 Å². The molecule has 1 heterocycles. The van der Waals surface area contributed by atoms with Crippen LogP contribution < -0.4 is 0 Å². The molecule has 1 unspecified atom stereocenters. The molecule has 0 saturated carbocycles. The Morgan fingerprint density at radius 1 is 1.70 bits per heavy atom. The lowest BCUT2D eigenvalue weighted by atomic mass is 9.97. The van der Waals surface area contributed by atoms with E-state index in [4.69, 9.17) is 4.74 Å². The minimum Gasteiger partial charge on any atom is -0.380 e. The normalized spacial score (nSPS) is 26.5. The Balaban J connectivity index is 2.56. The summed E-state index contributed by atoms with van der Waals surface area (Å²) in [5, 5.41) is 0. The minimum atomic E-state index is -0.478. The highest BCUT2D eigenvalue weighted by Crippen LogP contribution is 2.09. The smallest absolute Gasteiger partial charge is 0.147 e. The summed E-state index contributed by atoms with van der Waals surface area (Å²) in [5.74, 6) is -0.530. The van der Waals surface area contributed by atoms with Crippen molar-refractivity contribution in [3.8, 4) is 0 Å². The number of hydrogen-bond acceptors (Lipinski definition) is 3. The first kappa shape index (κ1) is 7.41. The van der Waals surface area contributed by atoms with Gasteiger partial charge in [0.2, 0.25) is 0 Å². The van der Waals surface area contributed by atoms with Crippen LogP contribution in [0.4, 0.5) is 0 Å². The number of carbonyl (C=O) groups excluding carboxylic acids is 2. The second kappa shape index (κ2) is 2.92. The second-order valence-corrected chi connectivity index (χ2v) is 2.45. The summed E-state index contributed by atoms with van der Waals surface area (Å²) in [5.41, 5.74) is 0. The number of ketones is 2. The molecule has 3 heteroatoms. The Morgan fingerprint density at radius 3 is 2.80 bits per heavy atom. The van der Waals surface area contributed by atoms with E-state index in [1.165, 1.54) is 6.92 Å². The van der Waals surface area contributed by atoms with Crippen LogP contribution in [0.5, 0.6) is 0 Å². The van der Waals surface area contributed by atoms with E-state index in [-0.39, 0.29) is 18.2 Å². The van der Waals surface area contributed by atoms with Crippen LogP contribution in [-0.2, 0) is 14.3 Å². The first-order chi connectivity index (χ1) is 4.72. The van der Waals surface area contributed by atoms with Crippen LogP contribution >= 0.6 is 0 Å². The summed E-state index contributed by atoms with van der Waals surface area (Å²) in [4.78, 5) is 21.6. The van der Waals surface area contributed by atoms with Crippen LogP contribution in [0.15, 0.2) is 0 Å². The van der Waals surface area contributed by atoms with E-state index < -0.39 is 5.92 Å². The summed E-state index contributed by atoms with van der Waals surface area (Å²) in [6, 6.07) is 0. The van der Waals surface area contributed by atoms with E-state index in [2.05, 4.69) is 0 Å². The molecule has 0 aromatic carbocycles. The van der Waals surface area contributed by atoms with E-state index in [1.807, 2.05) is 0 Å². The van der Waals surface area contributed by atoms with Gasteiger partial charge in [0.25, 0.3) is 0 Å². The molecule has 1 atom stereocenters. The molecule has 1 saturated heterocycles. The zero-order chi connectivity index (χ0) is 7.56. The average Bonchev–Trinajstić information content (AvgIpc) is 1.88.